The number of ether oxygens (including phenoxy) is 1. The van der Waals surface area contributed by atoms with Gasteiger partial charge in [-0.3, -0.25) is 0 Å². The van der Waals surface area contributed by atoms with Crippen molar-refractivity contribution in [3.05, 3.63) is 17.7 Å². The summed E-state index contributed by atoms with van der Waals surface area (Å²) in [7, 11) is 2.04. The minimum absolute atomic E-state index is 0.0884. The molecule has 84 valence electrons. The lowest BCUT2D eigenvalue weighted by molar-refractivity contribution is 0.0766. The lowest BCUT2D eigenvalue weighted by atomic mass is 9.92. The van der Waals surface area contributed by atoms with Crippen LogP contribution in [0.3, 0.4) is 0 Å². The molecule has 0 saturated carbocycles. The van der Waals surface area contributed by atoms with Gasteiger partial charge in [0, 0.05) is 26.6 Å². The molecule has 1 unspecified atom stereocenters. The molecule has 1 aliphatic rings. The highest BCUT2D eigenvalue weighted by Crippen LogP contribution is 2.27. The van der Waals surface area contributed by atoms with Crippen LogP contribution in [0.15, 0.2) is 6.33 Å². The van der Waals surface area contributed by atoms with Gasteiger partial charge in [0.05, 0.1) is 29.9 Å². The third-order valence-corrected chi connectivity index (χ3v) is 3.01. The largest absolute Gasteiger partial charge is 0.379 e. The zero-order valence-corrected chi connectivity index (χ0v) is 9.71. The minimum Gasteiger partial charge on any atom is -0.379 e. The van der Waals surface area contributed by atoms with Crippen LogP contribution >= 0.6 is 0 Å². The Kier molecular flexibility index (Phi) is 2.80. The van der Waals surface area contributed by atoms with E-state index >= 15 is 0 Å². The van der Waals surface area contributed by atoms with Gasteiger partial charge in [-0.15, -0.1) is 0 Å². The molecule has 0 radical (unpaired) electrons. The molecule has 1 aromatic heterocycles. The number of hydrogen-bond donors (Lipinski definition) is 1. The maximum atomic E-state index is 5.55. The maximum absolute atomic E-state index is 5.55. The van der Waals surface area contributed by atoms with Crippen LogP contribution in [0, 0.1) is 0 Å². The van der Waals surface area contributed by atoms with E-state index in [1.54, 1.807) is 0 Å². The van der Waals surface area contributed by atoms with Crippen molar-refractivity contribution >= 4 is 0 Å². The van der Waals surface area contributed by atoms with E-state index in [0.29, 0.717) is 6.61 Å². The van der Waals surface area contributed by atoms with E-state index in [4.69, 9.17) is 4.74 Å². The van der Waals surface area contributed by atoms with E-state index in [0.717, 1.165) is 19.6 Å². The second kappa shape index (κ2) is 3.94. The first kappa shape index (κ1) is 10.6. The molecular formula is C11H19N3O. The van der Waals surface area contributed by atoms with Gasteiger partial charge in [0.25, 0.3) is 0 Å². The fourth-order valence-electron chi connectivity index (χ4n) is 2.34. The number of rotatable bonds is 3. The van der Waals surface area contributed by atoms with E-state index in [-0.39, 0.29) is 5.54 Å². The maximum Gasteiger partial charge on any atom is 0.0949 e. The fourth-order valence-corrected chi connectivity index (χ4v) is 2.34. The van der Waals surface area contributed by atoms with Gasteiger partial charge in [-0.25, -0.2) is 4.98 Å². The summed E-state index contributed by atoms with van der Waals surface area (Å²) in [4.78, 5) is 4.43. The first-order valence-electron chi connectivity index (χ1n) is 5.51. The van der Waals surface area contributed by atoms with Crippen LogP contribution in [-0.4, -0.2) is 29.3 Å². The highest BCUT2D eigenvalue weighted by molar-refractivity contribution is 5.25. The third-order valence-electron chi connectivity index (χ3n) is 3.01. The van der Waals surface area contributed by atoms with Gasteiger partial charge in [-0.05, 0) is 13.8 Å². The number of hydrogen-bond acceptors (Lipinski definition) is 3. The number of fused-ring (bicyclic) bond motifs is 1. The summed E-state index contributed by atoms with van der Waals surface area (Å²) in [6, 6.07) is 0. The van der Waals surface area contributed by atoms with E-state index in [9.17, 15) is 0 Å². The minimum atomic E-state index is -0.0884. The summed E-state index contributed by atoms with van der Waals surface area (Å²) < 4.78 is 7.65. The van der Waals surface area contributed by atoms with Crippen molar-refractivity contribution in [2.24, 2.45) is 7.05 Å². The molecule has 0 bridgehead atoms. The summed E-state index contributed by atoms with van der Waals surface area (Å²) in [5.74, 6) is 0. The molecule has 0 saturated heterocycles. The average Bonchev–Trinajstić information content (AvgIpc) is 2.59. The fraction of sp³-hybridized carbons (Fsp3) is 0.727. The third kappa shape index (κ3) is 1.79. The van der Waals surface area contributed by atoms with Crippen molar-refractivity contribution in [3.8, 4) is 0 Å². The Morgan fingerprint density at radius 1 is 1.67 bits per heavy atom. The number of nitrogens with zero attached hydrogens (tertiary/aromatic N) is 2. The molecule has 2 heterocycles. The van der Waals surface area contributed by atoms with Gasteiger partial charge in [-0.1, -0.05) is 0 Å². The standard InChI is InChI=1S/C11H19N3O/c1-4-15-7-11(2)10-9(5-6-13-11)12-8-14(10)3/h8,13H,4-7H2,1-3H3. The lowest BCUT2D eigenvalue weighted by Crippen LogP contribution is -2.49. The van der Waals surface area contributed by atoms with Crippen molar-refractivity contribution in [1.82, 2.24) is 14.9 Å². The molecule has 0 fully saturated rings. The Labute approximate surface area is 90.6 Å². The van der Waals surface area contributed by atoms with Crippen molar-refractivity contribution in [1.29, 1.82) is 0 Å². The van der Waals surface area contributed by atoms with Crippen LogP contribution in [0.1, 0.15) is 25.2 Å². The molecule has 1 N–H and O–H groups in total. The zero-order valence-electron chi connectivity index (χ0n) is 9.71. The smallest absolute Gasteiger partial charge is 0.0949 e. The molecule has 1 aliphatic heterocycles. The van der Waals surface area contributed by atoms with E-state index in [1.165, 1.54) is 11.4 Å². The first-order valence-corrected chi connectivity index (χ1v) is 5.51. The molecule has 0 aliphatic carbocycles. The molecule has 2 rings (SSSR count). The predicted molar refractivity (Wildman–Crippen MR) is 58.8 cm³/mol. The van der Waals surface area contributed by atoms with E-state index in [1.807, 2.05) is 20.3 Å². The summed E-state index contributed by atoms with van der Waals surface area (Å²) in [5.41, 5.74) is 2.38. The summed E-state index contributed by atoms with van der Waals surface area (Å²) in [6.45, 7) is 6.65. The van der Waals surface area contributed by atoms with Crippen molar-refractivity contribution in [2.75, 3.05) is 19.8 Å². The van der Waals surface area contributed by atoms with Gasteiger partial charge >= 0.3 is 0 Å². The van der Waals surface area contributed by atoms with E-state index < -0.39 is 0 Å². The van der Waals surface area contributed by atoms with Crippen LogP contribution in [0.2, 0.25) is 0 Å². The highest BCUT2D eigenvalue weighted by atomic mass is 16.5. The Balaban J connectivity index is 2.30. The monoisotopic (exact) mass is 209 g/mol. The number of nitrogens with one attached hydrogen (secondary N) is 1. The van der Waals surface area contributed by atoms with Gasteiger partial charge in [0.2, 0.25) is 0 Å². The highest BCUT2D eigenvalue weighted by Gasteiger charge is 2.35. The zero-order chi connectivity index (χ0) is 10.9. The Morgan fingerprint density at radius 3 is 3.20 bits per heavy atom. The summed E-state index contributed by atoms with van der Waals surface area (Å²) in [5, 5.41) is 3.53. The molecule has 0 spiro atoms. The summed E-state index contributed by atoms with van der Waals surface area (Å²) in [6.07, 6.45) is 2.90. The topological polar surface area (TPSA) is 39.1 Å². The van der Waals surface area contributed by atoms with Crippen LogP contribution in [0.4, 0.5) is 0 Å². The van der Waals surface area contributed by atoms with E-state index in [2.05, 4.69) is 21.8 Å². The SMILES string of the molecule is CCOCC1(C)NCCc2ncn(C)c21. The van der Waals surface area contributed by atoms with Crippen LogP contribution < -0.4 is 5.32 Å². The van der Waals surface area contributed by atoms with Crippen LogP contribution in [0.25, 0.3) is 0 Å². The van der Waals surface area contributed by atoms with Gasteiger partial charge in [0.1, 0.15) is 0 Å². The molecule has 1 atom stereocenters. The Morgan fingerprint density at radius 2 is 2.47 bits per heavy atom. The van der Waals surface area contributed by atoms with Crippen LogP contribution in [0.5, 0.6) is 0 Å². The molecule has 0 amide bonds. The average molecular weight is 209 g/mol. The second-order valence-electron chi connectivity index (χ2n) is 4.30. The van der Waals surface area contributed by atoms with Gasteiger partial charge < -0.3 is 14.6 Å². The first-order chi connectivity index (χ1) is 7.17. The molecule has 15 heavy (non-hydrogen) atoms. The van der Waals surface area contributed by atoms with Crippen molar-refractivity contribution in [3.63, 3.8) is 0 Å². The van der Waals surface area contributed by atoms with Crippen molar-refractivity contribution < 1.29 is 4.74 Å². The Bertz CT molecular complexity index is 348. The molecule has 0 aromatic carbocycles. The molecular weight excluding hydrogens is 190 g/mol. The molecule has 4 nitrogen and oxygen atoms in total. The van der Waals surface area contributed by atoms with Gasteiger partial charge in [-0.2, -0.15) is 0 Å². The second-order valence-corrected chi connectivity index (χ2v) is 4.30. The quantitative estimate of drug-likeness (QED) is 0.801. The van der Waals surface area contributed by atoms with Crippen molar-refractivity contribution in [2.45, 2.75) is 25.8 Å². The predicted octanol–water partition coefficient (Wildman–Crippen LogP) is 0.817. The number of aromatic nitrogens is 2. The molecule has 4 heteroatoms. The van der Waals surface area contributed by atoms with Crippen LogP contribution in [-0.2, 0) is 23.7 Å². The number of imidazole rings is 1. The summed E-state index contributed by atoms with van der Waals surface area (Å²) >= 11 is 0. The molecule has 1 aromatic rings. The normalized spacial score (nSPS) is 25.3. The lowest BCUT2D eigenvalue weighted by Gasteiger charge is -2.35. The van der Waals surface area contributed by atoms with Gasteiger partial charge in [0.15, 0.2) is 0 Å². The Hall–Kier alpha value is -0.870. The number of aryl methyl sites for hydroxylation is 1.